The summed E-state index contributed by atoms with van der Waals surface area (Å²) in [5.41, 5.74) is 0. The molecule has 5 heteroatoms. The van der Waals surface area contributed by atoms with Crippen molar-refractivity contribution in [2.75, 3.05) is 13.1 Å². The van der Waals surface area contributed by atoms with Crippen LogP contribution in [0.4, 0.5) is 0 Å². The van der Waals surface area contributed by atoms with Gasteiger partial charge in [0, 0.05) is 18.3 Å². The van der Waals surface area contributed by atoms with Crippen molar-refractivity contribution in [1.82, 2.24) is 4.90 Å². The first kappa shape index (κ1) is 11.7. The van der Waals surface area contributed by atoms with Crippen LogP contribution in [0.25, 0.3) is 0 Å². The summed E-state index contributed by atoms with van der Waals surface area (Å²) in [7, 11) is 0. The molecule has 0 aliphatic carbocycles. The van der Waals surface area contributed by atoms with Crippen LogP contribution in [-0.4, -0.2) is 35.0 Å². The lowest BCUT2D eigenvalue weighted by atomic mass is 10.3. The van der Waals surface area contributed by atoms with Gasteiger partial charge >= 0.3 is 5.97 Å². The normalized spacial score (nSPS) is 9.93. The summed E-state index contributed by atoms with van der Waals surface area (Å²) < 4.78 is 0. The average Bonchev–Trinajstić information content (AvgIpc) is 2.63. The van der Waals surface area contributed by atoms with Gasteiger partial charge in [0.15, 0.2) is 0 Å². The maximum atomic E-state index is 11.1. The smallest absolute Gasteiger partial charge is 0.323 e. The number of carbonyl (C=O) groups excluding carboxylic acids is 1. The Kier molecular flexibility index (Phi) is 4.30. The summed E-state index contributed by atoms with van der Waals surface area (Å²) in [6.45, 7) is 1.63. The molecule has 0 aliphatic rings. The largest absolute Gasteiger partial charge is 0.480 e. The zero-order chi connectivity index (χ0) is 11.3. The first-order valence-corrected chi connectivity index (χ1v) is 5.47. The summed E-state index contributed by atoms with van der Waals surface area (Å²) in [5, 5.41) is 10.6. The number of thiophene rings is 1. The van der Waals surface area contributed by atoms with Crippen LogP contribution in [0.3, 0.4) is 0 Å². The highest BCUT2D eigenvalue weighted by molar-refractivity contribution is 7.09. The van der Waals surface area contributed by atoms with E-state index < -0.39 is 5.97 Å². The molecule has 0 spiro atoms. The van der Waals surface area contributed by atoms with E-state index in [1.807, 2.05) is 17.5 Å². The third-order valence-corrected chi connectivity index (χ3v) is 2.92. The average molecular weight is 227 g/mol. The zero-order valence-corrected chi connectivity index (χ0v) is 9.29. The summed E-state index contributed by atoms with van der Waals surface area (Å²) in [4.78, 5) is 24.1. The fourth-order valence-corrected chi connectivity index (χ4v) is 1.91. The van der Waals surface area contributed by atoms with Gasteiger partial charge in [-0.1, -0.05) is 6.07 Å². The lowest BCUT2D eigenvalue weighted by Gasteiger charge is -2.17. The molecule has 0 aromatic carbocycles. The molecule has 0 bridgehead atoms. The van der Waals surface area contributed by atoms with Crippen molar-refractivity contribution < 1.29 is 14.7 Å². The molecular weight excluding hydrogens is 214 g/mol. The first-order valence-electron chi connectivity index (χ1n) is 4.59. The third-order valence-electron chi connectivity index (χ3n) is 1.98. The molecule has 0 saturated heterocycles. The molecule has 82 valence electrons. The second-order valence-electron chi connectivity index (χ2n) is 3.16. The van der Waals surface area contributed by atoms with E-state index in [1.54, 1.807) is 11.3 Å². The Hall–Kier alpha value is -1.36. The van der Waals surface area contributed by atoms with Gasteiger partial charge in [0.1, 0.15) is 6.54 Å². The summed E-state index contributed by atoms with van der Waals surface area (Å²) in [6, 6.07) is 3.92. The van der Waals surface area contributed by atoms with Crippen molar-refractivity contribution in [2.45, 2.75) is 13.3 Å². The van der Waals surface area contributed by atoms with E-state index in [2.05, 4.69) is 0 Å². The van der Waals surface area contributed by atoms with Gasteiger partial charge in [-0.25, -0.2) is 0 Å². The molecular formula is C10H13NO3S. The minimum absolute atomic E-state index is 0.200. The lowest BCUT2D eigenvalue weighted by molar-refractivity contribution is -0.143. The molecule has 15 heavy (non-hydrogen) atoms. The molecule has 1 aromatic heterocycles. The fourth-order valence-electron chi connectivity index (χ4n) is 1.21. The monoisotopic (exact) mass is 227 g/mol. The number of carboxylic acid groups (broad SMARTS) is 1. The highest BCUT2D eigenvalue weighted by atomic mass is 32.1. The Balaban J connectivity index is 2.45. The topological polar surface area (TPSA) is 57.6 Å². The van der Waals surface area contributed by atoms with E-state index in [0.29, 0.717) is 13.0 Å². The molecule has 0 atom stereocenters. The number of rotatable bonds is 5. The first-order chi connectivity index (χ1) is 7.09. The van der Waals surface area contributed by atoms with E-state index in [9.17, 15) is 9.59 Å². The van der Waals surface area contributed by atoms with Gasteiger partial charge in [0.05, 0.1) is 0 Å². The molecule has 4 nitrogen and oxygen atoms in total. The molecule has 0 aliphatic heterocycles. The standard InChI is InChI=1S/C10H13NO3S/c1-8(12)11(7-10(13)14)5-4-9-3-2-6-15-9/h2-3,6H,4-5,7H2,1H3,(H,13,14). The van der Waals surface area contributed by atoms with Crippen molar-refractivity contribution >= 4 is 23.2 Å². The number of carboxylic acids is 1. The predicted molar refractivity (Wildman–Crippen MR) is 57.9 cm³/mol. The number of nitrogens with zero attached hydrogens (tertiary/aromatic N) is 1. The van der Waals surface area contributed by atoms with Crippen molar-refractivity contribution in [3.8, 4) is 0 Å². The number of carbonyl (C=O) groups is 2. The maximum Gasteiger partial charge on any atom is 0.323 e. The Bertz CT molecular complexity index is 334. The van der Waals surface area contributed by atoms with Crippen molar-refractivity contribution in [3.63, 3.8) is 0 Å². The molecule has 1 rings (SSSR count). The van der Waals surface area contributed by atoms with Crippen LogP contribution in [0, 0.1) is 0 Å². The van der Waals surface area contributed by atoms with Gasteiger partial charge in [-0.3, -0.25) is 9.59 Å². The van der Waals surface area contributed by atoms with Crippen molar-refractivity contribution in [3.05, 3.63) is 22.4 Å². The van der Waals surface area contributed by atoms with E-state index in [-0.39, 0.29) is 12.5 Å². The zero-order valence-electron chi connectivity index (χ0n) is 8.47. The van der Waals surface area contributed by atoms with Crippen LogP contribution in [0.1, 0.15) is 11.8 Å². The molecule has 1 heterocycles. The second-order valence-corrected chi connectivity index (χ2v) is 4.20. The highest BCUT2D eigenvalue weighted by Crippen LogP contribution is 2.09. The van der Waals surface area contributed by atoms with Gasteiger partial charge in [-0.2, -0.15) is 0 Å². The van der Waals surface area contributed by atoms with Gasteiger partial charge in [0.25, 0.3) is 0 Å². The van der Waals surface area contributed by atoms with Crippen LogP contribution >= 0.6 is 11.3 Å². The number of aliphatic carboxylic acids is 1. The minimum atomic E-state index is -0.976. The molecule has 0 saturated carbocycles. The Morgan fingerprint density at radius 2 is 2.27 bits per heavy atom. The van der Waals surface area contributed by atoms with Crippen LogP contribution in [0.5, 0.6) is 0 Å². The van der Waals surface area contributed by atoms with Gasteiger partial charge < -0.3 is 10.0 Å². The summed E-state index contributed by atoms with van der Waals surface area (Å²) in [5.74, 6) is -1.18. The van der Waals surface area contributed by atoms with E-state index >= 15 is 0 Å². The summed E-state index contributed by atoms with van der Waals surface area (Å²) in [6.07, 6.45) is 0.713. The number of amides is 1. The fraction of sp³-hybridized carbons (Fsp3) is 0.400. The third kappa shape index (κ3) is 4.12. The van der Waals surface area contributed by atoms with E-state index in [1.165, 1.54) is 11.8 Å². The van der Waals surface area contributed by atoms with Gasteiger partial charge in [0.2, 0.25) is 5.91 Å². The molecule has 0 radical (unpaired) electrons. The molecule has 1 aromatic rings. The Morgan fingerprint density at radius 3 is 2.73 bits per heavy atom. The van der Waals surface area contributed by atoms with Crippen LogP contribution in [0.2, 0.25) is 0 Å². The second kappa shape index (κ2) is 5.50. The highest BCUT2D eigenvalue weighted by Gasteiger charge is 2.12. The van der Waals surface area contributed by atoms with Crippen molar-refractivity contribution in [1.29, 1.82) is 0 Å². The number of hydrogen-bond acceptors (Lipinski definition) is 3. The van der Waals surface area contributed by atoms with Crippen LogP contribution in [0.15, 0.2) is 17.5 Å². The Labute approximate surface area is 92.1 Å². The van der Waals surface area contributed by atoms with E-state index in [4.69, 9.17) is 5.11 Å². The van der Waals surface area contributed by atoms with Crippen molar-refractivity contribution in [2.24, 2.45) is 0 Å². The van der Waals surface area contributed by atoms with Gasteiger partial charge in [-0.05, 0) is 17.9 Å². The Morgan fingerprint density at radius 1 is 1.53 bits per heavy atom. The van der Waals surface area contributed by atoms with Gasteiger partial charge in [-0.15, -0.1) is 11.3 Å². The lowest BCUT2D eigenvalue weighted by Crippen LogP contribution is -2.35. The minimum Gasteiger partial charge on any atom is -0.480 e. The van der Waals surface area contributed by atoms with Crippen LogP contribution in [-0.2, 0) is 16.0 Å². The van der Waals surface area contributed by atoms with E-state index in [0.717, 1.165) is 4.88 Å². The maximum absolute atomic E-state index is 11.1. The predicted octanol–water partition coefficient (Wildman–Crippen LogP) is 1.22. The SMILES string of the molecule is CC(=O)N(CCc1cccs1)CC(=O)O. The molecule has 1 N–H and O–H groups in total. The number of hydrogen-bond donors (Lipinski definition) is 1. The summed E-state index contributed by atoms with van der Waals surface area (Å²) >= 11 is 1.61. The molecule has 0 fully saturated rings. The quantitative estimate of drug-likeness (QED) is 0.823. The van der Waals surface area contributed by atoms with Crippen LogP contribution < -0.4 is 0 Å². The molecule has 0 unspecified atom stereocenters. The molecule has 1 amide bonds.